The average Bonchev–Trinajstić information content (AvgIpc) is 3.36. The third-order valence-electron chi connectivity index (χ3n) is 9.77. The van der Waals surface area contributed by atoms with Gasteiger partial charge in [0.15, 0.2) is 0 Å². The van der Waals surface area contributed by atoms with Crippen LogP contribution in [0.4, 0.5) is 4.79 Å². The number of hydrogen-bond donors (Lipinski definition) is 3. The number of allylic oxidation sites excluding steroid dienone is 1. The first-order valence-electron chi connectivity index (χ1n) is 17.4. The van der Waals surface area contributed by atoms with E-state index in [9.17, 15) is 24.0 Å². The quantitative estimate of drug-likeness (QED) is 0.396. The SMILES string of the molecule is CO[C@@H]1C[C@H]2C(=O)N[C@]3(C(=O)N4CCC[C@H]4C(=O)NCc4ccccc4)C[C@H]3C=CCCCCC[C@H](NC(=O)OC(C)(C)C)C(=O)N2C1. The van der Waals surface area contributed by atoms with Crippen molar-refractivity contribution in [1.29, 1.82) is 0 Å². The number of benzene rings is 1. The monoisotopic (exact) mass is 665 g/mol. The zero-order valence-electron chi connectivity index (χ0n) is 28.7. The van der Waals surface area contributed by atoms with Crippen LogP contribution in [0.25, 0.3) is 0 Å². The van der Waals surface area contributed by atoms with E-state index in [1.54, 1.807) is 32.8 Å². The molecule has 2 saturated heterocycles. The first-order valence-corrected chi connectivity index (χ1v) is 17.4. The van der Waals surface area contributed by atoms with E-state index < -0.39 is 41.3 Å². The highest BCUT2D eigenvalue weighted by molar-refractivity contribution is 6.00. The second kappa shape index (κ2) is 15.1. The number of alkyl carbamates (subject to hydrolysis) is 1. The van der Waals surface area contributed by atoms with Crippen molar-refractivity contribution >= 4 is 29.7 Å². The molecule has 5 amide bonds. The van der Waals surface area contributed by atoms with Crippen LogP contribution in [0, 0.1) is 5.92 Å². The van der Waals surface area contributed by atoms with E-state index in [-0.39, 0.29) is 42.7 Å². The maximum absolute atomic E-state index is 14.4. The Balaban J connectivity index is 1.36. The molecule has 5 rings (SSSR count). The Labute approximate surface area is 283 Å². The second-order valence-electron chi connectivity index (χ2n) is 14.5. The topological polar surface area (TPSA) is 146 Å². The summed E-state index contributed by atoms with van der Waals surface area (Å²) in [5.74, 6) is -1.52. The van der Waals surface area contributed by atoms with Gasteiger partial charge >= 0.3 is 6.09 Å². The van der Waals surface area contributed by atoms with E-state index >= 15 is 0 Å². The summed E-state index contributed by atoms with van der Waals surface area (Å²) in [7, 11) is 1.54. The maximum Gasteiger partial charge on any atom is 0.408 e. The Hall–Kier alpha value is -3.93. The Bertz CT molecular complexity index is 1380. The normalized spacial score (nSPS) is 29.5. The van der Waals surface area contributed by atoms with Crippen molar-refractivity contribution in [3.63, 3.8) is 0 Å². The molecule has 48 heavy (non-hydrogen) atoms. The van der Waals surface area contributed by atoms with Crippen molar-refractivity contribution in [1.82, 2.24) is 25.8 Å². The van der Waals surface area contributed by atoms with Crippen LogP contribution in [0.2, 0.25) is 0 Å². The van der Waals surface area contributed by atoms with Gasteiger partial charge in [0.2, 0.25) is 23.6 Å². The number of carbonyl (C=O) groups excluding carboxylic acids is 5. The first kappa shape index (κ1) is 35.4. The van der Waals surface area contributed by atoms with Gasteiger partial charge in [-0.1, -0.05) is 55.3 Å². The number of amides is 5. The molecule has 3 heterocycles. The number of hydrogen-bond acceptors (Lipinski definition) is 7. The third kappa shape index (κ3) is 8.37. The molecule has 3 fully saturated rings. The number of ether oxygens (including phenoxy) is 2. The fraction of sp³-hybridized carbons (Fsp3) is 0.639. The van der Waals surface area contributed by atoms with Crippen molar-refractivity contribution < 1.29 is 33.4 Å². The molecular formula is C36H51N5O7. The summed E-state index contributed by atoms with van der Waals surface area (Å²) in [5, 5.41) is 8.82. The first-order chi connectivity index (χ1) is 22.9. The molecule has 0 radical (unpaired) electrons. The van der Waals surface area contributed by atoms with Gasteiger partial charge in [0.1, 0.15) is 29.3 Å². The molecule has 0 unspecified atom stereocenters. The third-order valence-corrected chi connectivity index (χ3v) is 9.77. The number of nitrogens with zero attached hydrogens (tertiary/aromatic N) is 2. The summed E-state index contributed by atoms with van der Waals surface area (Å²) >= 11 is 0. The zero-order chi connectivity index (χ0) is 34.5. The highest BCUT2D eigenvalue weighted by atomic mass is 16.6. The molecule has 4 aliphatic rings. The smallest absolute Gasteiger partial charge is 0.408 e. The largest absolute Gasteiger partial charge is 0.444 e. The molecule has 0 spiro atoms. The Morgan fingerprint density at radius 1 is 1.04 bits per heavy atom. The zero-order valence-corrected chi connectivity index (χ0v) is 28.7. The molecule has 12 heteroatoms. The molecule has 6 atom stereocenters. The molecule has 0 bridgehead atoms. The van der Waals surface area contributed by atoms with Gasteiger partial charge in [-0.3, -0.25) is 19.2 Å². The molecule has 0 aromatic heterocycles. The highest BCUT2D eigenvalue weighted by Gasteiger charge is 2.63. The lowest BCUT2D eigenvalue weighted by atomic mass is 10.0. The van der Waals surface area contributed by atoms with Crippen LogP contribution < -0.4 is 16.0 Å². The summed E-state index contributed by atoms with van der Waals surface area (Å²) in [6.45, 7) is 6.24. The van der Waals surface area contributed by atoms with E-state index in [1.165, 1.54) is 4.90 Å². The van der Waals surface area contributed by atoms with Crippen molar-refractivity contribution in [2.24, 2.45) is 5.92 Å². The van der Waals surface area contributed by atoms with Gasteiger partial charge in [-0.25, -0.2) is 4.79 Å². The average molecular weight is 666 g/mol. The molecule has 1 aromatic carbocycles. The lowest BCUT2D eigenvalue weighted by molar-refractivity contribution is -0.145. The molecule has 1 aliphatic carbocycles. The lowest BCUT2D eigenvalue weighted by Crippen LogP contribution is -2.59. The minimum atomic E-state index is -1.20. The molecule has 3 aliphatic heterocycles. The van der Waals surface area contributed by atoms with Gasteiger partial charge in [0.05, 0.1) is 6.10 Å². The van der Waals surface area contributed by atoms with Crippen LogP contribution in [0.5, 0.6) is 0 Å². The second-order valence-corrected chi connectivity index (χ2v) is 14.5. The molecule has 1 saturated carbocycles. The van der Waals surface area contributed by atoms with Crippen molar-refractivity contribution in [2.75, 3.05) is 20.2 Å². The van der Waals surface area contributed by atoms with Crippen LogP contribution in [-0.2, 0) is 35.2 Å². The van der Waals surface area contributed by atoms with Crippen LogP contribution in [0.15, 0.2) is 42.5 Å². The van der Waals surface area contributed by atoms with E-state index in [2.05, 4.69) is 22.0 Å². The Morgan fingerprint density at radius 3 is 2.54 bits per heavy atom. The predicted molar refractivity (Wildman–Crippen MR) is 178 cm³/mol. The van der Waals surface area contributed by atoms with Crippen LogP contribution in [0.1, 0.15) is 84.1 Å². The van der Waals surface area contributed by atoms with E-state index in [0.717, 1.165) is 24.8 Å². The van der Waals surface area contributed by atoms with Gasteiger partial charge in [0.25, 0.3) is 0 Å². The summed E-state index contributed by atoms with van der Waals surface area (Å²) < 4.78 is 11.1. The number of fused-ring (bicyclic) bond motifs is 2. The summed E-state index contributed by atoms with van der Waals surface area (Å²) in [6.07, 6.45) is 8.50. The molecular weight excluding hydrogens is 614 g/mol. The standard InChI is InChI=1S/C36H51N5O7/c1-35(2,3)48-34(46)38-27-17-12-7-5-6-11-16-25-21-36(25,39-31(43)29-20-26(47-4)23-41(29)32(27)44)33(45)40-19-13-18-28(40)30(42)37-22-24-14-9-8-10-15-24/h8-11,14-16,25-29H,5-7,12-13,17-23H2,1-4H3,(H,37,42)(H,38,46)(H,39,43)/t25-,26-,27+,28+,29+,36-/m1/s1. The van der Waals surface area contributed by atoms with Crippen LogP contribution >= 0.6 is 0 Å². The van der Waals surface area contributed by atoms with Crippen molar-refractivity contribution in [2.45, 2.75) is 120 Å². The summed E-state index contributed by atoms with van der Waals surface area (Å²) in [5.41, 5.74) is -0.977. The number of likely N-dealkylation sites (tertiary alicyclic amines) is 1. The van der Waals surface area contributed by atoms with Crippen LogP contribution in [0.3, 0.4) is 0 Å². The lowest BCUT2D eigenvalue weighted by Gasteiger charge is -2.32. The fourth-order valence-corrected chi connectivity index (χ4v) is 7.12. The maximum atomic E-state index is 14.4. The summed E-state index contributed by atoms with van der Waals surface area (Å²) in [6, 6.07) is 7.21. The predicted octanol–water partition coefficient (Wildman–Crippen LogP) is 3.20. The molecule has 262 valence electrons. The number of methoxy groups -OCH3 is 1. The molecule has 1 aromatic rings. The van der Waals surface area contributed by atoms with Gasteiger partial charge < -0.3 is 35.2 Å². The molecule has 3 N–H and O–H groups in total. The minimum Gasteiger partial charge on any atom is -0.444 e. The van der Waals surface area contributed by atoms with Crippen molar-refractivity contribution in [3.8, 4) is 0 Å². The molecule has 12 nitrogen and oxygen atoms in total. The van der Waals surface area contributed by atoms with E-state index in [0.29, 0.717) is 45.2 Å². The van der Waals surface area contributed by atoms with Gasteiger partial charge in [-0.05, 0) is 64.9 Å². The summed E-state index contributed by atoms with van der Waals surface area (Å²) in [4.78, 5) is 71.8. The fourth-order valence-electron chi connectivity index (χ4n) is 7.12. The van der Waals surface area contributed by atoms with Crippen molar-refractivity contribution in [3.05, 3.63) is 48.0 Å². The Kier molecular flexibility index (Phi) is 11.1. The van der Waals surface area contributed by atoms with E-state index in [1.807, 2.05) is 36.4 Å². The number of carbonyl (C=O) groups is 5. The Morgan fingerprint density at radius 2 is 1.81 bits per heavy atom. The number of rotatable bonds is 6. The highest BCUT2D eigenvalue weighted by Crippen LogP contribution is 2.47. The minimum absolute atomic E-state index is 0.181. The number of nitrogens with one attached hydrogen (secondary N) is 3. The van der Waals surface area contributed by atoms with Gasteiger partial charge in [-0.15, -0.1) is 0 Å². The van der Waals surface area contributed by atoms with E-state index in [4.69, 9.17) is 9.47 Å². The van der Waals surface area contributed by atoms with Gasteiger partial charge in [0, 0.05) is 39.1 Å². The van der Waals surface area contributed by atoms with Gasteiger partial charge in [-0.2, -0.15) is 0 Å². The van der Waals surface area contributed by atoms with Crippen LogP contribution in [-0.4, -0.2) is 95.1 Å².